The van der Waals surface area contributed by atoms with Crippen LogP contribution in [-0.2, 0) is 11.2 Å². The molecule has 1 aromatic carbocycles. The topological polar surface area (TPSA) is 42.0 Å². The third-order valence-electron chi connectivity index (χ3n) is 6.13. The minimum atomic E-state index is -0.0618. The van der Waals surface area contributed by atoms with Crippen LogP contribution in [0.1, 0.15) is 31.2 Å². The van der Waals surface area contributed by atoms with E-state index in [2.05, 4.69) is 16.8 Å². The molecule has 0 aliphatic carbocycles. The average molecular weight is 344 g/mol. The molecule has 136 valence electrons. The Bertz CT molecular complexity index is 648. The summed E-state index contributed by atoms with van der Waals surface area (Å²) < 4.78 is 11.2. The van der Waals surface area contributed by atoms with E-state index in [-0.39, 0.29) is 11.8 Å². The molecule has 0 spiro atoms. The Balaban J connectivity index is 1.47. The fourth-order valence-electron chi connectivity index (χ4n) is 4.76. The van der Waals surface area contributed by atoms with Gasteiger partial charge in [-0.05, 0) is 57.3 Å². The molecule has 0 unspecified atom stereocenters. The molecule has 4 rings (SSSR count). The van der Waals surface area contributed by atoms with Crippen molar-refractivity contribution in [2.24, 2.45) is 5.92 Å². The summed E-state index contributed by atoms with van der Waals surface area (Å²) in [4.78, 5) is 17.8. The first-order valence-electron chi connectivity index (χ1n) is 9.48. The largest absolute Gasteiger partial charge is 0.497 e. The summed E-state index contributed by atoms with van der Waals surface area (Å²) in [6.45, 7) is 2.54. The lowest BCUT2D eigenvalue weighted by Gasteiger charge is -2.36. The lowest BCUT2D eigenvalue weighted by atomic mass is 9.94. The first-order valence-corrected chi connectivity index (χ1v) is 9.48. The van der Waals surface area contributed by atoms with Gasteiger partial charge in [-0.3, -0.25) is 4.79 Å². The monoisotopic (exact) mass is 344 g/mol. The number of likely N-dealkylation sites (N-methyl/N-ethyl adjacent to an activating group) is 1. The van der Waals surface area contributed by atoms with Crippen molar-refractivity contribution in [3.63, 3.8) is 0 Å². The second kappa shape index (κ2) is 6.87. The number of ether oxygens (including phenoxy) is 2. The molecule has 0 bridgehead atoms. The number of amides is 1. The van der Waals surface area contributed by atoms with Gasteiger partial charge in [-0.25, -0.2) is 0 Å². The molecule has 3 heterocycles. The van der Waals surface area contributed by atoms with Gasteiger partial charge >= 0.3 is 0 Å². The van der Waals surface area contributed by atoms with Gasteiger partial charge in [0.1, 0.15) is 18.1 Å². The summed E-state index contributed by atoms with van der Waals surface area (Å²) in [5, 5.41) is 0. The second-order valence-corrected chi connectivity index (χ2v) is 7.62. The van der Waals surface area contributed by atoms with Crippen LogP contribution in [0.25, 0.3) is 0 Å². The van der Waals surface area contributed by atoms with E-state index < -0.39 is 0 Å². The standard InChI is InChI=1S/C20H28N2O3/c1-21-9-3-5-17(21)18-6-4-10-22(18)20(23)15-11-14-7-8-16(24-2)12-19(14)25-13-15/h7-8,12,15,17-18H,3-6,9-11,13H2,1-2H3/t15-,17+,18+/m1/s1. The van der Waals surface area contributed by atoms with Crippen molar-refractivity contribution in [3.05, 3.63) is 23.8 Å². The zero-order chi connectivity index (χ0) is 17.4. The molecule has 5 heteroatoms. The number of rotatable bonds is 3. The molecule has 2 saturated heterocycles. The van der Waals surface area contributed by atoms with Gasteiger partial charge in [-0.1, -0.05) is 6.07 Å². The average Bonchev–Trinajstić information content (AvgIpc) is 3.28. The number of likely N-dealkylation sites (tertiary alicyclic amines) is 2. The van der Waals surface area contributed by atoms with Crippen LogP contribution in [-0.4, -0.2) is 61.6 Å². The number of benzene rings is 1. The van der Waals surface area contributed by atoms with E-state index >= 15 is 0 Å². The van der Waals surface area contributed by atoms with Gasteiger partial charge in [0.2, 0.25) is 5.91 Å². The highest BCUT2D eigenvalue weighted by Crippen LogP contribution is 2.34. The smallest absolute Gasteiger partial charge is 0.229 e. The summed E-state index contributed by atoms with van der Waals surface area (Å²) in [5.74, 6) is 1.88. The zero-order valence-corrected chi connectivity index (χ0v) is 15.2. The minimum absolute atomic E-state index is 0.0618. The Morgan fingerprint density at radius 2 is 2.00 bits per heavy atom. The van der Waals surface area contributed by atoms with E-state index in [9.17, 15) is 4.79 Å². The van der Waals surface area contributed by atoms with Crippen molar-refractivity contribution in [1.82, 2.24) is 9.80 Å². The Hall–Kier alpha value is -1.75. The first kappa shape index (κ1) is 16.7. The Morgan fingerprint density at radius 3 is 2.76 bits per heavy atom. The van der Waals surface area contributed by atoms with Crippen LogP contribution < -0.4 is 9.47 Å². The maximum Gasteiger partial charge on any atom is 0.229 e. The van der Waals surface area contributed by atoms with Crippen molar-refractivity contribution < 1.29 is 14.3 Å². The second-order valence-electron chi connectivity index (χ2n) is 7.62. The zero-order valence-electron chi connectivity index (χ0n) is 15.2. The molecule has 0 saturated carbocycles. The molecule has 0 N–H and O–H groups in total. The maximum absolute atomic E-state index is 13.2. The predicted octanol–water partition coefficient (Wildman–Crippen LogP) is 2.33. The summed E-state index contributed by atoms with van der Waals surface area (Å²) in [6.07, 6.45) is 5.50. The Kier molecular flexibility index (Phi) is 4.59. The van der Waals surface area contributed by atoms with E-state index in [1.807, 2.05) is 18.2 Å². The van der Waals surface area contributed by atoms with Crippen molar-refractivity contribution >= 4 is 5.91 Å². The molecular weight excluding hydrogens is 316 g/mol. The summed E-state index contributed by atoms with van der Waals surface area (Å²) in [7, 11) is 3.86. The van der Waals surface area contributed by atoms with Crippen molar-refractivity contribution in [2.75, 3.05) is 33.9 Å². The van der Waals surface area contributed by atoms with Gasteiger partial charge in [-0.2, -0.15) is 0 Å². The number of carbonyl (C=O) groups excluding carboxylic acids is 1. The summed E-state index contributed by atoms with van der Waals surface area (Å²) in [6, 6.07) is 6.81. The third-order valence-corrected chi connectivity index (χ3v) is 6.13. The molecule has 0 radical (unpaired) electrons. The molecule has 3 aliphatic rings. The molecule has 3 atom stereocenters. The highest BCUT2D eigenvalue weighted by atomic mass is 16.5. The van der Waals surface area contributed by atoms with Gasteiger partial charge in [0.05, 0.1) is 13.0 Å². The number of fused-ring (bicyclic) bond motifs is 1. The van der Waals surface area contributed by atoms with E-state index in [4.69, 9.17) is 9.47 Å². The lowest BCUT2D eigenvalue weighted by Crippen LogP contribution is -2.50. The van der Waals surface area contributed by atoms with Crippen LogP contribution >= 0.6 is 0 Å². The Morgan fingerprint density at radius 1 is 1.20 bits per heavy atom. The highest BCUT2D eigenvalue weighted by molar-refractivity contribution is 5.80. The van der Waals surface area contributed by atoms with Gasteiger partial charge in [0.15, 0.2) is 0 Å². The van der Waals surface area contributed by atoms with Crippen LogP contribution in [0.15, 0.2) is 18.2 Å². The van der Waals surface area contributed by atoms with Crippen LogP contribution in [0.3, 0.4) is 0 Å². The van der Waals surface area contributed by atoms with Gasteiger partial charge in [-0.15, -0.1) is 0 Å². The number of methoxy groups -OCH3 is 1. The quantitative estimate of drug-likeness (QED) is 0.844. The van der Waals surface area contributed by atoms with Crippen molar-refractivity contribution in [1.29, 1.82) is 0 Å². The van der Waals surface area contributed by atoms with E-state index in [1.165, 1.54) is 12.8 Å². The molecule has 2 fully saturated rings. The summed E-state index contributed by atoms with van der Waals surface area (Å²) >= 11 is 0. The molecule has 1 amide bonds. The van der Waals surface area contributed by atoms with Crippen molar-refractivity contribution in [2.45, 2.75) is 44.2 Å². The normalized spacial score (nSPS) is 29.4. The predicted molar refractivity (Wildman–Crippen MR) is 96.1 cm³/mol. The van der Waals surface area contributed by atoms with E-state index in [0.29, 0.717) is 18.7 Å². The molecular formula is C20H28N2O3. The summed E-state index contributed by atoms with van der Waals surface area (Å²) in [5.41, 5.74) is 1.11. The number of hydrogen-bond donors (Lipinski definition) is 0. The van der Waals surface area contributed by atoms with Crippen LogP contribution in [0.5, 0.6) is 11.5 Å². The maximum atomic E-state index is 13.2. The first-order chi connectivity index (χ1) is 12.2. The Labute approximate surface area is 149 Å². The van der Waals surface area contributed by atoms with Gasteiger partial charge in [0.25, 0.3) is 0 Å². The van der Waals surface area contributed by atoms with Crippen molar-refractivity contribution in [3.8, 4) is 11.5 Å². The molecule has 0 aromatic heterocycles. The SMILES string of the molecule is COc1ccc2c(c1)OC[C@H](C(=O)N1CCC[C@H]1[C@@H]1CCCN1C)C2. The van der Waals surface area contributed by atoms with E-state index in [1.54, 1.807) is 7.11 Å². The highest BCUT2D eigenvalue weighted by Gasteiger charge is 2.41. The molecule has 25 heavy (non-hydrogen) atoms. The minimum Gasteiger partial charge on any atom is -0.497 e. The molecule has 1 aromatic rings. The fraction of sp³-hybridized carbons (Fsp3) is 0.650. The lowest BCUT2D eigenvalue weighted by molar-refractivity contribution is -0.138. The van der Waals surface area contributed by atoms with Crippen LogP contribution in [0.2, 0.25) is 0 Å². The molecule has 3 aliphatic heterocycles. The third kappa shape index (κ3) is 3.10. The van der Waals surface area contributed by atoms with E-state index in [0.717, 1.165) is 49.4 Å². The fourth-order valence-corrected chi connectivity index (χ4v) is 4.76. The van der Waals surface area contributed by atoms with Gasteiger partial charge < -0.3 is 19.3 Å². The van der Waals surface area contributed by atoms with Crippen LogP contribution in [0, 0.1) is 5.92 Å². The van der Waals surface area contributed by atoms with Gasteiger partial charge in [0, 0.05) is 24.7 Å². The number of hydrogen-bond acceptors (Lipinski definition) is 4. The number of carbonyl (C=O) groups is 1. The molecule has 5 nitrogen and oxygen atoms in total. The number of nitrogens with zero attached hydrogens (tertiary/aromatic N) is 2. The van der Waals surface area contributed by atoms with Crippen LogP contribution in [0.4, 0.5) is 0 Å².